The van der Waals surface area contributed by atoms with Crippen molar-refractivity contribution in [2.24, 2.45) is 5.73 Å². The number of primary amides is 1. The van der Waals surface area contributed by atoms with Gasteiger partial charge in [0.25, 0.3) is 0 Å². The van der Waals surface area contributed by atoms with Crippen LogP contribution >= 0.6 is 0 Å². The Morgan fingerprint density at radius 1 is 1.35 bits per heavy atom. The first-order valence-corrected chi connectivity index (χ1v) is 7.53. The van der Waals surface area contributed by atoms with E-state index < -0.39 is 11.9 Å². The Morgan fingerprint density at radius 3 is 2.52 bits per heavy atom. The highest BCUT2D eigenvalue weighted by Gasteiger charge is 2.21. The molecule has 0 saturated heterocycles. The normalized spacial score (nSPS) is 11.3. The predicted molar refractivity (Wildman–Crippen MR) is 84.4 cm³/mol. The SMILES string of the molecule is CCC(CC)n1c(=O)n(CCC(N)=O)c2cc(C(=O)O)cnc21. The average Bonchev–Trinajstić information content (AvgIpc) is 2.78. The summed E-state index contributed by atoms with van der Waals surface area (Å²) in [7, 11) is 0. The second-order valence-electron chi connectivity index (χ2n) is 5.36. The molecule has 2 rings (SSSR count). The highest BCUT2D eigenvalue weighted by Crippen LogP contribution is 2.21. The van der Waals surface area contributed by atoms with Gasteiger partial charge in [0.1, 0.15) is 0 Å². The molecule has 0 radical (unpaired) electrons. The molecule has 0 atom stereocenters. The van der Waals surface area contributed by atoms with E-state index in [2.05, 4.69) is 4.98 Å². The summed E-state index contributed by atoms with van der Waals surface area (Å²) in [5.41, 5.74) is 5.69. The second-order valence-corrected chi connectivity index (χ2v) is 5.36. The van der Waals surface area contributed by atoms with Gasteiger partial charge < -0.3 is 10.8 Å². The van der Waals surface area contributed by atoms with E-state index >= 15 is 0 Å². The number of rotatable bonds is 7. The number of carboxylic acid groups (broad SMARTS) is 1. The van der Waals surface area contributed by atoms with Gasteiger partial charge in [0.15, 0.2) is 5.65 Å². The van der Waals surface area contributed by atoms with Gasteiger partial charge in [-0.2, -0.15) is 0 Å². The number of amides is 1. The molecule has 8 heteroatoms. The molecule has 0 unspecified atom stereocenters. The number of imidazole rings is 1. The number of hydrogen-bond acceptors (Lipinski definition) is 4. The van der Waals surface area contributed by atoms with Gasteiger partial charge in [-0.05, 0) is 18.9 Å². The number of carboxylic acids is 1. The zero-order chi connectivity index (χ0) is 17.1. The molecule has 0 aliphatic heterocycles. The molecule has 8 nitrogen and oxygen atoms in total. The Balaban J connectivity index is 2.72. The minimum absolute atomic E-state index is 0.000758. The topological polar surface area (TPSA) is 120 Å². The lowest BCUT2D eigenvalue weighted by Gasteiger charge is -2.13. The van der Waals surface area contributed by atoms with E-state index in [4.69, 9.17) is 10.8 Å². The van der Waals surface area contributed by atoms with Gasteiger partial charge in [0, 0.05) is 25.2 Å². The van der Waals surface area contributed by atoms with Gasteiger partial charge in [-0.25, -0.2) is 14.6 Å². The van der Waals surface area contributed by atoms with Crippen LogP contribution < -0.4 is 11.4 Å². The lowest BCUT2D eigenvalue weighted by Crippen LogP contribution is -2.28. The number of aromatic carboxylic acids is 1. The summed E-state index contributed by atoms with van der Waals surface area (Å²) < 4.78 is 2.94. The highest BCUT2D eigenvalue weighted by atomic mass is 16.4. The van der Waals surface area contributed by atoms with Gasteiger partial charge in [-0.1, -0.05) is 13.8 Å². The molecular weight excluding hydrogens is 300 g/mol. The van der Waals surface area contributed by atoms with Gasteiger partial charge in [-0.15, -0.1) is 0 Å². The molecular formula is C15H20N4O4. The van der Waals surface area contributed by atoms with E-state index in [1.165, 1.54) is 16.8 Å². The van der Waals surface area contributed by atoms with Crippen molar-refractivity contribution >= 4 is 23.0 Å². The number of hydrogen-bond donors (Lipinski definition) is 2. The maximum absolute atomic E-state index is 12.7. The largest absolute Gasteiger partial charge is 0.478 e. The fourth-order valence-electron chi connectivity index (χ4n) is 2.69. The zero-order valence-electron chi connectivity index (χ0n) is 13.2. The van der Waals surface area contributed by atoms with Crippen molar-refractivity contribution in [3.05, 3.63) is 28.3 Å². The molecule has 124 valence electrons. The third kappa shape index (κ3) is 3.10. The molecule has 2 aromatic rings. The van der Waals surface area contributed by atoms with Crippen molar-refractivity contribution in [2.75, 3.05) is 0 Å². The van der Waals surface area contributed by atoms with Crippen molar-refractivity contribution in [3.63, 3.8) is 0 Å². The fraction of sp³-hybridized carbons (Fsp3) is 0.467. The number of fused-ring (bicyclic) bond motifs is 1. The van der Waals surface area contributed by atoms with Gasteiger partial charge in [0.2, 0.25) is 5.91 Å². The number of carbonyl (C=O) groups excluding carboxylic acids is 1. The van der Waals surface area contributed by atoms with Crippen LogP contribution in [0.3, 0.4) is 0 Å². The fourth-order valence-corrected chi connectivity index (χ4v) is 2.69. The van der Waals surface area contributed by atoms with Crippen LogP contribution in [0.4, 0.5) is 0 Å². The molecule has 0 aliphatic rings. The molecule has 2 aromatic heterocycles. The summed E-state index contributed by atoms with van der Waals surface area (Å²) in [5, 5.41) is 9.12. The summed E-state index contributed by atoms with van der Waals surface area (Å²) in [6.45, 7) is 4.04. The lowest BCUT2D eigenvalue weighted by atomic mass is 10.1. The minimum atomic E-state index is -1.12. The Bertz CT molecular complexity index is 802. The standard InChI is InChI=1S/C15H20N4O4/c1-3-10(4-2)19-13-11(7-9(8-17-13)14(21)22)18(15(19)23)6-5-12(16)20/h7-8,10H,3-6H2,1-2H3,(H2,16,20)(H,21,22). The van der Waals surface area contributed by atoms with Crippen LogP contribution in [-0.4, -0.2) is 31.1 Å². The van der Waals surface area contributed by atoms with E-state index in [0.29, 0.717) is 11.2 Å². The summed E-state index contributed by atoms with van der Waals surface area (Å²) in [5.74, 6) is -1.65. The van der Waals surface area contributed by atoms with Crippen LogP contribution in [0.1, 0.15) is 49.5 Å². The Morgan fingerprint density at radius 2 is 2.00 bits per heavy atom. The first-order valence-electron chi connectivity index (χ1n) is 7.53. The van der Waals surface area contributed by atoms with Crippen LogP contribution in [0.25, 0.3) is 11.2 Å². The van der Waals surface area contributed by atoms with Crippen molar-refractivity contribution in [3.8, 4) is 0 Å². The van der Waals surface area contributed by atoms with E-state index in [1.54, 1.807) is 4.57 Å². The third-order valence-corrected chi connectivity index (χ3v) is 3.94. The Hall–Kier alpha value is -2.64. The van der Waals surface area contributed by atoms with E-state index in [9.17, 15) is 14.4 Å². The number of aryl methyl sites for hydroxylation is 1. The minimum Gasteiger partial charge on any atom is -0.478 e. The Labute approximate surface area is 132 Å². The number of carbonyl (C=O) groups is 2. The molecule has 0 saturated carbocycles. The van der Waals surface area contributed by atoms with Gasteiger partial charge in [-0.3, -0.25) is 13.9 Å². The number of nitrogens with two attached hydrogens (primary N) is 1. The molecule has 23 heavy (non-hydrogen) atoms. The van der Waals surface area contributed by atoms with Crippen LogP contribution in [0.5, 0.6) is 0 Å². The monoisotopic (exact) mass is 320 g/mol. The van der Waals surface area contributed by atoms with Crippen molar-refractivity contribution in [1.82, 2.24) is 14.1 Å². The molecule has 2 heterocycles. The summed E-state index contributed by atoms with van der Waals surface area (Å²) in [6, 6.07) is 1.37. The third-order valence-electron chi connectivity index (χ3n) is 3.94. The highest BCUT2D eigenvalue weighted by molar-refractivity contribution is 5.91. The molecule has 0 fully saturated rings. The maximum Gasteiger partial charge on any atom is 0.337 e. The smallest absolute Gasteiger partial charge is 0.337 e. The number of nitrogens with zero attached hydrogens (tertiary/aromatic N) is 3. The van der Waals surface area contributed by atoms with Crippen LogP contribution in [0.2, 0.25) is 0 Å². The van der Waals surface area contributed by atoms with Gasteiger partial charge in [0.05, 0.1) is 11.1 Å². The first kappa shape index (κ1) is 16.7. The second kappa shape index (κ2) is 6.64. The first-order chi connectivity index (χ1) is 10.9. The average molecular weight is 320 g/mol. The van der Waals surface area contributed by atoms with E-state index in [1.807, 2.05) is 13.8 Å². The van der Waals surface area contributed by atoms with Crippen molar-refractivity contribution in [1.29, 1.82) is 0 Å². The Kier molecular flexibility index (Phi) is 4.83. The number of aromatic nitrogens is 3. The predicted octanol–water partition coefficient (Wildman–Crippen LogP) is 1.13. The molecule has 3 N–H and O–H groups in total. The molecule has 0 aromatic carbocycles. The van der Waals surface area contributed by atoms with Crippen LogP contribution in [-0.2, 0) is 11.3 Å². The lowest BCUT2D eigenvalue weighted by molar-refractivity contribution is -0.118. The molecule has 0 spiro atoms. The van der Waals surface area contributed by atoms with E-state index in [-0.39, 0.29) is 30.3 Å². The zero-order valence-corrected chi connectivity index (χ0v) is 13.2. The molecule has 0 bridgehead atoms. The van der Waals surface area contributed by atoms with Crippen molar-refractivity contribution < 1.29 is 14.7 Å². The van der Waals surface area contributed by atoms with E-state index in [0.717, 1.165) is 12.8 Å². The molecule has 1 amide bonds. The maximum atomic E-state index is 12.7. The summed E-state index contributed by atoms with van der Waals surface area (Å²) in [6.07, 6.45) is 2.72. The van der Waals surface area contributed by atoms with Crippen molar-refractivity contribution in [2.45, 2.75) is 45.7 Å². The quantitative estimate of drug-likeness (QED) is 0.792. The summed E-state index contributed by atoms with van der Waals surface area (Å²) >= 11 is 0. The van der Waals surface area contributed by atoms with Crippen LogP contribution in [0, 0.1) is 0 Å². The summed E-state index contributed by atoms with van der Waals surface area (Å²) in [4.78, 5) is 39.1. The van der Waals surface area contributed by atoms with Crippen LogP contribution in [0.15, 0.2) is 17.1 Å². The molecule has 0 aliphatic carbocycles. The van der Waals surface area contributed by atoms with Gasteiger partial charge >= 0.3 is 11.7 Å². The number of pyridine rings is 1.